The van der Waals surface area contributed by atoms with Crippen molar-refractivity contribution in [1.82, 2.24) is 9.38 Å². The quantitative estimate of drug-likeness (QED) is 0.489. The maximum absolute atomic E-state index is 13.2. The molecule has 0 amide bonds. The minimum atomic E-state index is -4.53. The fourth-order valence-corrected chi connectivity index (χ4v) is 4.20. The first kappa shape index (κ1) is 21.9. The van der Waals surface area contributed by atoms with Crippen LogP contribution in [-0.2, 0) is 22.3 Å². The molecule has 160 valence electrons. The Morgan fingerprint density at radius 1 is 1.31 bits per heavy atom. The second-order valence-electron chi connectivity index (χ2n) is 8.07. The van der Waals surface area contributed by atoms with Crippen molar-refractivity contribution >= 4 is 23.2 Å². The number of nitrogens with zero attached hydrogens (tertiary/aromatic N) is 2. The van der Waals surface area contributed by atoms with Gasteiger partial charge >= 0.3 is 12.1 Å². The SMILES string of the molecule is CC(C)c1nc2c(Cl)cc(C(F)(F)F)cn2c1COC(=O)CCC1CCCCC1. The van der Waals surface area contributed by atoms with Gasteiger partial charge in [-0.25, -0.2) is 4.98 Å². The Kier molecular flexibility index (Phi) is 6.76. The minimum Gasteiger partial charge on any atom is -0.459 e. The molecular formula is C21H26ClF3N2O2. The molecule has 0 unspecified atom stereocenters. The Labute approximate surface area is 173 Å². The number of alkyl halides is 3. The number of rotatable bonds is 6. The summed E-state index contributed by atoms with van der Waals surface area (Å²) in [5, 5.41) is -0.0865. The number of carbonyl (C=O) groups excluding carboxylic acids is 1. The van der Waals surface area contributed by atoms with Crippen molar-refractivity contribution in [2.45, 2.75) is 77.5 Å². The number of hydrogen-bond acceptors (Lipinski definition) is 3. The van der Waals surface area contributed by atoms with Crippen LogP contribution in [0.2, 0.25) is 5.02 Å². The Morgan fingerprint density at radius 2 is 2.00 bits per heavy atom. The molecule has 2 aromatic rings. The summed E-state index contributed by atoms with van der Waals surface area (Å²) in [4.78, 5) is 16.6. The largest absolute Gasteiger partial charge is 0.459 e. The van der Waals surface area contributed by atoms with Crippen LogP contribution in [0, 0.1) is 5.92 Å². The molecule has 0 atom stereocenters. The van der Waals surface area contributed by atoms with Gasteiger partial charge in [-0.05, 0) is 24.3 Å². The Balaban J connectivity index is 1.78. The van der Waals surface area contributed by atoms with Crippen LogP contribution in [0.25, 0.3) is 5.65 Å². The second kappa shape index (κ2) is 8.94. The summed E-state index contributed by atoms with van der Waals surface area (Å²) >= 11 is 6.07. The highest BCUT2D eigenvalue weighted by molar-refractivity contribution is 6.33. The van der Waals surface area contributed by atoms with Gasteiger partial charge in [0.25, 0.3) is 0 Å². The van der Waals surface area contributed by atoms with E-state index in [9.17, 15) is 18.0 Å². The first-order valence-electron chi connectivity index (χ1n) is 10.1. The van der Waals surface area contributed by atoms with Crippen LogP contribution in [0.1, 0.15) is 81.7 Å². The molecule has 0 aromatic carbocycles. The number of pyridine rings is 1. The molecule has 0 radical (unpaired) electrons. The normalized spacial score (nSPS) is 16.0. The first-order chi connectivity index (χ1) is 13.7. The lowest BCUT2D eigenvalue weighted by Gasteiger charge is -2.20. The van der Waals surface area contributed by atoms with Crippen LogP contribution in [0.3, 0.4) is 0 Å². The lowest BCUT2D eigenvalue weighted by Crippen LogP contribution is -2.12. The highest BCUT2D eigenvalue weighted by atomic mass is 35.5. The van der Waals surface area contributed by atoms with Crippen LogP contribution >= 0.6 is 11.6 Å². The Morgan fingerprint density at radius 3 is 2.62 bits per heavy atom. The fourth-order valence-electron chi connectivity index (χ4n) is 3.95. The average Bonchev–Trinajstić information content (AvgIpc) is 3.04. The van der Waals surface area contributed by atoms with E-state index in [1.54, 1.807) is 0 Å². The zero-order valence-corrected chi connectivity index (χ0v) is 17.4. The third kappa shape index (κ3) is 5.24. The first-order valence-corrected chi connectivity index (χ1v) is 10.5. The lowest BCUT2D eigenvalue weighted by molar-refractivity contribution is -0.145. The van der Waals surface area contributed by atoms with Crippen molar-refractivity contribution in [3.8, 4) is 0 Å². The summed E-state index contributed by atoms with van der Waals surface area (Å²) in [6, 6.07) is 0.869. The lowest BCUT2D eigenvalue weighted by atomic mass is 9.86. The van der Waals surface area contributed by atoms with Gasteiger partial charge in [0.15, 0.2) is 5.65 Å². The van der Waals surface area contributed by atoms with Gasteiger partial charge in [-0.2, -0.15) is 13.2 Å². The fraction of sp³-hybridized carbons (Fsp3) is 0.619. The van der Waals surface area contributed by atoms with Gasteiger partial charge in [-0.3, -0.25) is 9.20 Å². The number of hydrogen-bond donors (Lipinski definition) is 0. The van der Waals surface area contributed by atoms with Crippen LogP contribution < -0.4 is 0 Å². The summed E-state index contributed by atoms with van der Waals surface area (Å²) in [5.41, 5.74) is 0.365. The number of carbonyl (C=O) groups is 1. The van der Waals surface area contributed by atoms with Gasteiger partial charge in [0.05, 0.1) is 22.0 Å². The molecule has 0 aliphatic heterocycles. The molecule has 0 N–H and O–H groups in total. The average molecular weight is 431 g/mol. The van der Waals surface area contributed by atoms with Crippen molar-refractivity contribution < 1.29 is 22.7 Å². The minimum absolute atomic E-state index is 0.0590. The van der Waals surface area contributed by atoms with Crippen molar-refractivity contribution in [2.24, 2.45) is 5.92 Å². The maximum atomic E-state index is 13.2. The molecule has 0 saturated heterocycles. The second-order valence-corrected chi connectivity index (χ2v) is 8.48. The maximum Gasteiger partial charge on any atom is 0.417 e. The topological polar surface area (TPSA) is 43.6 Å². The van der Waals surface area contributed by atoms with Crippen molar-refractivity contribution in [3.05, 3.63) is 34.2 Å². The molecule has 8 heteroatoms. The van der Waals surface area contributed by atoms with Gasteiger partial charge in [0.2, 0.25) is 0 Å². The highest BCUT2D eigenvalue weighted by Gasteiger charge is 2.32. The van der Waals surface area contributed by atoms with Gasteiger partial charge in [-0.15, -0.1) is 0 Å². The van der Waals surface area contributed by atoms with Crippen molar-refractivity contribution in [2.75, 3.05) is 0 Å². The zero-order chi connectivity index (χ0) is 21.2. The van der Waals surface area contributed by atoms with Crippen LogP contribution in [0.4, 0.5) is 13.2 Å². The highest BCUT2D eigenvalue weighted by Crippen LogP contribution is 2.34. The number of fused-ring (bicyclic) bond motifs is 1. The number of halogens is 4. The predicted molar refractivity (Wildman–Crippen MR) is 105 cm³/mol. The molecule has 0 bridgehead atoms. The van der Waals surface area contributed by atoms with Gasteiger partial charge in [-0.1, -0.05) is 57.6 Å². The van der Waals surface area contributed by atoms with Crippen LogP contribution in [0.5, 0.6) is 0 Å². The smallest absolute Gasteiger partial charge is 0.417 e. The summed E-state index contributed by atoms with van der Waals surface area (Å²) < 4.78 is 46.3. The molecular weight excluding hydrogens is 405 g/mol. The van der Waals surface area contributed by atoms with E-state index in [1.807, 2.05) is 13.8 Å². The Bertz CT molecular complexity index is 871. The van der Waals surface area contributed by atoms with E-state index in [-0.39, 0.29) is 29.2 Å². The molecule has 2 aromatic heterocycles. The molecule has 1 aliphatic rings. The number of aromatic nitrogens is 2. The van der Waals surface area contributed by atoms with E-state index in [2.05, 4.69) is 4.98 Å². The van der Waals surface area contributed by atoms with Gasteiger partial charge in [0, 0.05) is 12.6 Å². The molecule has 3 rings (SSSR count). The van der Waals surface area contributed by atoms with Gasteiger partial charge < -0.3 is 4.74 Å². The molecule has 0 spiro atoms. The molecule has 4 nitrogen and oxygen atoms in total. The third-order valence-corrected chi connectivity index (χ3v) is 5.81. The summed E-state index contributed by atoms with van der Waals surface area (Å²) in [6.07, 6.45) is 3.53. The van der Waals surface area contributed by atoms with Crippen molar-refractivity contribution in [1.29, 1.82) is 0 Å². The summed E-state index contributed by atoms with van der Waals surface area (Å²) in [7, 11) is 0. The molecule has 1 saturated carbocycles. The van der Waals surface area contributed by atoms with Crippen molar-refractivity contribution in [3.63, 3.8) is 0 Å². The van der Waals surface area contributed by atoms with E-state index in [0.717, 1.165) is 31.5 Å². The van der Waals surface area contributed by atoms with E-state index in [4.69, 9.17) is 16.3 Å². The van der Waals surface area contributed by atoms with E-state index in [1.165, 1.54) is 23.7 Å². The third-order valence-electron chi connectivity index (χ3n) is 5.53. The Hall–Kier alpha value is -1.76. The van der Waals surface area contributed by atoms with E-state index >= 15 is 0 Å². The molecule has 1 fully saturated rings. The monoisotopic (exact) mass is 430 g/mol. The van der Waals surface area contributed by atoms with Gasteiger partial charge in [0.1, 0.15) is 6.61 Å². The number of imidazole rings is 1. The standard InChI is InChI=1S/C21H26ClF3N2O2/c1-13(2)19-17(12-29-18(28)9-8-14-6-4-3-5-7-14)27-11-15(21(23,24)25)10-16(22)20(27)26-19/h10-11,13-14H,3-9,12H2,1-2H3. The number of ether oxygens (including phenoxy) is 1. The summed E-state index contributed by atoms with van der Waals surface area (Å²) in [6.45, 7) is 3.64. The molecule has 1 aliphatic carbocycles. The van der Waals surface area contributed by atoms with E-state index < -0.39 is 11.7 Å². The van der Waals surface area contributed by atoms with E-state index in [0.29, 0.717) is 23.7 Å². The molecule has 29 heavy (non-hydrogen) atoms. The zero-order valence-electron chi connectivity index (χ0n) is 16.7. The predicted octanol–water partition coefficient (Wildman–Crippen LogP) is 6.53. The van der Waals surface area contributed by atoms with Crippen LogP contribution in [0.15, 0.2) is 12.3 Å². The summed E-state index contributed by atoms with van der Waals surface area (Å²) in [5.74, 6) is 0.168. The number of esters is 1. The van der Waals surface area contributed by atoms with Crippen LogP contribution in [-0.4, -0.2) is 15.4 Å². The molecule has 2 heterocycles.